The molecule has 2 fully saturated rings. The Labute approximate surface area is 114 Å². The molecule has 0 aromatic carbocycles. The van der Waals surface area contributed by atoms with E-state index in [1.54, 1.807) is 11.9 Å². The van der Waals surface area contributed by atoms with Gasteiger partial charge in [-0.2, -0.15) is 0 Å². The summed E-state index contributed by atoms with van der Waals surface area (Å²) in [5.74, 6) is -0.0675. The number of halogens is 1. The van der Waals surface area contributed by atoms with E-state index in [2.05, 4.69) is 5.32 Å². The van der Waals surface area contributed by atoms with E-state index in [9.17, 15) is 9.59 Å². The fourth-order valence-corrected chi connectivity index (χ4v) is 2.62. The molecule has 2 rings (SSSR count). The third-order valence-corrected chi connectivity index (χ3v) is 3.83. The van der Waals surface area contributed by atoms with E-state index in [1.807, 2.05) is 0 Å². The fraction of sp³-hybridized carbons (Fsp3) is 0.833. The van der Waals surface area contributed by atoms with Crippen LogP contribution in [0.5, 0.6) is 0 Å². The van der Waals surface area contributed by atoms with Crippen LogP contribution in [0.25, 0.3) is 0 Å². The van der Waals surface area contributed by atoms with E-state index in [0.717, 1.165) is 25.7 Å². The Balaban J connectivity index is 0.00000162. The number of nitrogens with two attached hydrogens (primary N) is 1. The first-order valence-electron chi connectivity index (χ1n) is 6.36. The molecular weight excluding hydrogens is 254 g/mol. The summed E-state index contributed by atoms with van der Waals surface area (Å²) in [7, 11) is 1.75. The van der Waals surface area contributed by atoms with Gasteiger partial charge < -0.3 is 16.0 Å². The largest absolute Gasteiger partial charge is 0.353 e. The molecule has 0 bridgehead atoms. The molecule has 6 heteroatoms. The maximum atomic E-state index is 12.0. The van der Waals surface area contributed by atoms with E-state index in [0.29, 0.717) is 19.0 Å². The summed E-state index contributed by atoms with van der Waals surface area (Å²) >= 11 is 0. The van der Waals surface area contributed by atoms with Crippen LogP contribution in [0.4, 0.5) is 0 Å². The number of amides is 2. The Bertz CT molecular complexity index is 316. The number of carbonyl (C=O) groups excluding carboxylic acids is 2. The van der Waals surface area contributed by atoms with Gasteiger partial charge >= 0.3 is 0 Å². The lowest BCUT2D eigenvalue weighted by Gasteiger charge is -2.27. The fourth-order valence-electron chi connectivity index (χ4n) is 2.62. The molecule has 5 nitrogen and oxygen atoms in total. The van der Waals surface area contributed by atoms with Crippen molar-refractivity contribution in [1.82, 2.24) is 10.2 Å². The predicted molar refractivity (Wildman–Crippen MR) is 71.4 cm³/mol. The minimum atomic E-state index is -0.164. The van der Waals surface area contributed by atoms with Crippen molar-refractivity contribution in [2.75, 3.05) is 13.6 Å². The van der Waals surface area contributed by atoms with Crippen LogP contribution in [-0.2, 0) is 9.59 Å². The molecule has 1 saturated carbocycles. The van der Waals surface area contributed by atoms with Gasteiger partial charge in [0.25, 0.3) is 0 Å². The summed E-state index contributed by atoms with van der Waals surface area (Å²) in [5.41, 5.74) is 5.82. The third kappa shape index (κ3) is 3.59. The SMILES string of the molecule is CN1CC(C(=O)NC2CCC(N)CC2)CC1=O.Cl. The van der Waals surface area contributed by atoms with Gasteiger partial charge in [-0.25, -0.2) is 0 Å². The lowest BCUT2D eigenvalue weighted by atomic mass is 9.91. The molecule has 0 aromatic rings. The lowest BCUT2D eigenvalue weighted by Crippen LogP contribution is -2.43. The molecule has 2 amide bonds. The van der Waals surface area contributed by atoms with E-state index < -0.39 is 0 Å². The van der Waals surface area contributed by atoms with Crippen molar-refractivity contribution in [3.05, 3.63) is 0 Å². The quantitative estimate of drug-likeness (QED) is 0.760. The average Bonchev–Trinajstić information content (AvgIpc) is 2.63. The number of nitrogens with one attached hydrogen (secondary N) is 1. The molecule has 3 N–H and O–H groups in total. The second-order valence-corrected chi connectivity index (χ2v) is 5.30. The molecule has 18 heavy (non-hydrogen) atoms. The molecular formula is C12H22ClN3O2. The zero-order chi connectivity index (χ0) is 12.4. The number of likely N-dealkylation sites (tertiary alicyclic amines) is 1. The molecule has 2 aliphatic rings. The summed E-state index contributed by atoms with van der Waals surface area (Å²) in [6.45, 7) is 0.552. The Hall–Kier alpha value is -0.810. The number of rotatable bonds is 2. The Morgan fingerprint density at radius 3 is 2.44 bits per heavy atom. The molecule has 0 radical (unpaired) electrons. The van der Waals surface area contributed by atoms with Crippen molar-refractivity contribution in [2.45, 2.75) is 44.2 Å². The van der Waals surface area contributed by atoms with Crippen LogP contribution >= 0.6 is 12.4 Å². The standard InChI is InChI=1S/C12H21N3O2.ClH/c1-15-7-8(6-11(15)16)12(17)14-10-4-2-9(13)3-5-10;/h8-10H,2-7,13H2,1H3,(H,14,17);1H. The highest BCUT2D eigenvalue weighted by atomic mass is 35.5. The Morgan fingerprint density at radius 2 is 1.94 bits per heavy atom. The second kappa shape index (κ2) is 6.38. The van der Waals surface area contributed by atoms with E-state index in [4.69, 9.17) is 5.73 Å². The van der Waals surface area contributed by atoms with Crippen LogP contribution in [0, 0.1) is 5.92 Å². The zero-order valence-corrected chi connectivity index (χ0v) is 11.5. The van der Waals surface area contributed by atoms with Gasteiger partial charge in [0.15, 0.2) is 0 Å². The molecule has 1 aliphatic carbocycles. The topological polar surface area (TPSA) is 75.4 Å². The van der Waals surface area contributed by atoms with Gasteiger partial charge in [-0.05, 0) is 25.7 Å². The molecule has 1 saturated heterocycles. The molecule has 1 heterocycles. The number of nitrogens with zero attached hydrogens (tertiary/aromatic N) is 1. The second-order valence-electron chi connectivity index (χ2n) is 5.30. The highest BCUT2D eigenvalue weighted by Crippen LogP contribution is 2.20. The highest BCUT2D eigenvalue weighted by Gasteiger charge is 2.33. The lowest BCUT2D eigenvalue weighted by molar-refractivity contribution is -0.128. The van der Waals surface area contributed by atoms with Crippen molar-refractivity contribution >= 4 is 24.2 Å². The third-order valence-electron chi connectivity index (χ3n) is 3.83. The van der Waals surface area contributed by atoms with Crippen molar-refractivity contribution in [3.8, 4) is 0 Å². The van der Waals surface area contributed by atoms with E-state index in [1.165, 1.54) is 0 Å². The minimum absolute atomic E-state index is 0. The first-order chi connectivity index (χ1) is 8.06. The van der Waals surface area contributed by atoms with Gasteiger partial charge in [-0.3, -0.25) is 9.59 Å². The smallest absolute Gasteiger partial charge is 0.225 e. The Morgan fingerprint density at radius 1 is 1.33 bits per heavy atom. The van der Waals surface area contributed by atoms with Crippen molar-refractivity contribution in [2.24, 2.45) is 11.7 Å². The molecule has 0 aromatic heterocycles. The van der Waals surface area contributed by atoms with Crippen molar-refractivity contribution in [3.63, 3.8) is 0 Å². The van der Waals surface area contributed by atoms with Gasteiger partial charge in [-0.1, -0.05) is 0 Å². The molecule has 1 aliphatic heterocycles. The summed E-state index contributed by atoms with van der Waals surface area (Å²) in [5, 5.41) is 3.05. The van der Waals surface area contributed by atoms with E-state index >= 15 is 0 Å². The summed E-state index contributed by atoms with van der Waals surface area (Å²) < 4.78 is 0. The molecule has 1 atom stereocenters. The van der Waals surface area contributed by atoms with Crippen molar-refractivity contribution < 1.29 is 9.59 Å². The van der Waals surface area contributed by atoms with Crippen LogP contribution in [0.1, 0.15) is 32.1 Å². The van der Waals surface area contributed by atoms with Gasteiger partial charge in [0.05, 0.1) is 5.92 Å². The summed E-state index contributed by atoms with van der Waals surface area (Å²) in [4.78, 5) is 24.9. The Kier molecular flexibility index (Phi) is 5.41. The van der Waals surface area contributed by atoms with Crippen molar-refractivity contribution in [1.29, 1.82) is 0 Å². The number of hydrogen-bond donors (Lipinski definition) is 2. The first kappa shape index (κ1) is 15.2. The molecule has 0 spiro atoms. The van der Waals surface area contributed by atoms with Crippen LogP contribution in [0.3, 0.4) is 0 Å². The normalized spacial score (nSPS) is 32.0. The minimum Gasteiger partial charge on any atom is -0.353 e. The van der Waals surface area contributed by atoms with Gasteiger partial charge in [0.2, 0.25) is 11.8 Å². The van der Waals surface area contributed by atoms with Gasteiger partial charge in [0, 0.05) is 32.1 Å². The zero-order valence-electron chi connectivity index (χ0n) is 10.7. The summed E-state index contributed by atoms with van der Waals surface area (Å²) in [6.07, 6.45) is 4.24. The maximum Gasteiger partial charge on any atom is 0.225 e. The van der Waals surface area contributed by atoms with Crippen LogP contribution in [0.15, 0.2) is 0 Å². The van der Waals surface area contributed by atoms with Gasteiger partial charge in [-0.15, -0.1) is 12.4 Å². The summed E-state index contributed by atoms with van der Waals surface area (Å²) in [6, 6.07) is 0.547. The number of carbonyl (C=O) groups is 2. The maximum absolute atomic E-state index is 12.0. The number of hydrogen-bond acceptors (Lipinski definition) is 3. The monoisotopic (exact) mass is 275 g/mol. The molecule has 104 valence electrons. The first-order valence-corrected chi connectivity index (χ1v) is 6.36. The average molecular weight is 276 g/mol. The molecule has 1 unspecified atom stereocenters. The van der Waals surface area contributed by atoms with E-state index in [-0.39, 0.29) is 36.2 Å². The van der Waals surface area contributed by atoms with Crippen LogP contribution < -0.4 is 11.1 Å². The van der Waals surface area contributed by atoms with Gasteiger partial charge in [0.1, 0.15) is 0 Å². The van der Waals surface area contributed by atoms with Crippen LogP contribution in [0.2, 0.25) is 0 Å². The highest BCUT2D eigenvalue weighted by molar-refractivity contribution is 5.89. The predicted octanol–water partition coefficient (Wildman–Crippen LogP) is 0.273. The van der Waals surface area contributed by atoms with Crippen LogP contribution in [-0.4, -0.2) is 42.4 Å².